The molecule has 6 nitrogen and oxygen atoms in total. The molecule has 1 aromatic rings. The van der Waals surface area contributed by atoms with Gasteiger partial charge in [-0.25, -0.2) is 0 Å². The van der Waals surface area contributed by atoms with Crippen molar-refractivity contribution in [1.29, 1.82) is 0 Å². The topological polar surface area (TPSA) is 67.2 Å². The number of nitrogens with zero attached hydrogens (tertiary/aromatic N) is 3. The molecule has 1 N–H and O–H groups in total. The van der Waals surface area contributed by atoms with Crippen molar-refractivity contribution in [2.75, 3.05) is 13.1 Å². The van der Waals surface area contributed by atoms with Gasteiger partial charge in [0.1, 0.15) is 6.54 Å². The van der Waals surface area contributed by atoms with E-state index in [1.165, 1.54) is 12.8 Å². The van der Waals surface area contributed by atoms with Crippen LogP contribution in [0.4, 0.5) is 13.2 Å². The van der Waals surface area contributed by atoms with E-state index in [0.717, 1.165) is 48.3 Å². The van der Waals surface area contributed by atoms with Gasteiger partial charge in [-0.3, -0.25) is 14.3 Å². The Balaban J connectivity index is 1.41. The monoisotopic (exact) mass is 398 g/mol. The third kappa shape index (κ3) is 4.03. The van der Waals surface area contributed by atoms with Gasteiger partial charge in [0.15, 0.2) is 0 Å². The molecular weight excluding hydrogens is 373 g/mol. The van der Waals surface area contributed by atoms with E-state index in [1.54, 1.807) is 0 Å². The van der Waals surface area contributed by atoms with E-state index in [9.17, 15) is 22.8 Å². The highest BCUT2D eigenvalue weighted by molar-refractivity contribution is 5.89. The molecule has 1 saturated carbocycles. The van der Waals surface area contributed by atoms with Gasteiger partial charge < -0.3 is 10.2 Å². The van der Waals surface area contributed by atoms with E-state index in [0.29, 0.717) is 6.04 Å². The second kappa shape index (κ2) is 7.40. The van der Waals surface area contributed by atoms with E-state index in [2.05, 4.69) is 11.5 Å². The van der Waals surface area contributed by atoms with Crippen molar-refractivity contribution in [3.63, 3.8) is 0 Å². The fourth-order valence-corrected chi connectivity index (χ4v) is 4.67. The number of aryl methyl sites for hydroxylation is 1. The molecule has 0 aromatic carbocycles. The Morgan fingerprint density at radius 2 is 1.96 bits per heavy atom. The van der Waals surface area contributed by atoms with Crippen LogP contribution in [0.3, 0.4) is 0 Å². The molecule has 2 fully saturated rings. The van der Waals surface area contributed by atoms with Crippen molar-refractivity contribution in [2.24, 2.45) is 5.92 Å². The van der Waals surface area contributed by atoms with Crippen LogP contribution < -0.4 is 5.32 Å². The molecule has 2 heterocycles. The average molecular weight is 398 g/mol. The molecule has 9 heteroatoms. The largest absolute Gasteiger partial charge is 0.406 e. The van der Waals surface area contributed by atoms with E-state index < -0.39 is 24.5 Å². The first-order valence-corrected chi connectivity index (χ1v) is 10.0. The lowest BCUT2D eigenvalue weighted by Gasteiger charge is -2.24. The molecule has 154 valence electrons. The number of aromatic nitrogens is 2. The molecule has 2 unspecified atom stereocenters. The highest BCUT2D eigenvalue weighted by Gasteiger charge is 2.41. The van der Waals surface area contributed by atoms with Gasteiger partial charge in [-0.15, -0.1) is 0 Å². The van der Waals surface area contributed by atoms with E-state index in [4.69, 9.17) is 5.10 Å². The molecular formula is C19H25F3N4O2. The van der Waals surface area contributed by atoms with Gasteiger partial charge in [0.25, 0.3) is 0 Å². The molecule has 4 rings (SSSR count). The van der Waals surface area contributed by atoms with Crippen molar-refractivity contribution in [1.82, 2.24) is 20.0 Å². The molecule has 28 heavy (non-hydrogen) atoms. The van der Waals surface area contributed by atoms with Gasteiger partial charge in [-0.1, -0.05) is 12.8 Å². The Labute approximate surface area is 161 Å². The maximum Gasteiger partial charge on any atom is 0.406 e. The van der Waals surface area contributed by atoms with Crippen LogP contribution >= 0.6 is 0 Å². The van der Waals surface area contributed by atoms with Crippen molar-refractivity contribution >= 4 is 11.8 Å². The summed E-state index contributed by atoms with van der Waals surface area (Å²) in [6.45, 7) is -1.48. The van der Waals surface area contributed by atoms with E-state index in [1.807, 2.05) is 4.68 Å². The molecule has 2 aliphatic carbocycles. The summed E-state index contributed by atoms with van der Waals surface area (Å²) in [5, 5.41) is 7.70. The first-order chi connectivity index (χ1) is 13.3. The molecule has 2 amide bonds. The summed E-state index contributed by atoms with van der Waals surface area (Å²) in [5.74, 6) is -1.71. The summed E-state index contributed by atoms with van der Waals surface area (Å²) >= 11 is 0. The molecule has 0 radical (unpaired) electrons. The molecule has 1 aliphatic heterocycles. The number of hydrogen-bond acceptors (Lipinski definition) is 3. The summed E-state index contributed by atoms with van der Waals surface area (Å²) in [5.41, 5.74) is 2.02. The quantitative estimate of drug-likeness (QED) is 0.848. The van der Waals surface area contributed by atoms with Crippen molar-refractivity contribution < 1.29 is 22.8 Å². The van der Waals surface area contributed by atoms with Crippen LogP contribution in [-0.2, 0) is 16.0 Å². The van der Waals surface area contributed by atoms with Crippen LogP contribution in [0.2, 0.25) is 0 Å². The van der Waals surface area contributed by atoms with Gasteiger partial charge in [0, 0.05) is 19.2 Å². The van der Waals surface area contributed by atoms with Gasteiger partial charge in [-0.2, -0.15) is 18.3 Å². The van der Waals surface area contributed by atoms with Crippen molar-refractivity contribution in [2.45, 2.75) is 69.6 Å². The number of rotatable bonds is 4. The average Bonchev–Trinajstić information content (AvgIpc) is 3.33. The van der Waals surface area contributed by atoms with Crippen LogP contribution in [0, 0.1) is 5.92 Å². The number of fused-ring (bicyclic) bond motifs is 1. The highest BCUT2D eigenvalue weighted by Crippen LogP contribution is 2.34. The second-order valence-corrected chi connectivity index (χ2v) is 8.20. The molecule has 3 aliphatic rings. The summed E-state index contributed by atoms with van der Waals surface area (Å²) in [6.07, 6.45) is 4.74. The van der Waals surface area contributed by atoms with Crippen molar-refractivity contribution in [3.05, 3.63) is 17.5 Å². The number of hydrogen-bond donors (Lipinski definition) is 1. The number of amides is 2. The minimum absolute atomic E-state index is 0.169. The Morgan fingerprint density at radius 1 is 1.21 bits per heavy atom. The predicted octanol–water partition coefficient (Wildman–Crippen LogP) is 2.90. The first kappa shape index (κ1) is 19.3. The molecule has 2 atom stereocenters. The summed E-state index contributed by atoms with van der Waals surface area (Å²) in [4.78, 5) is 25.2. The number of carbonyl (C=O) groups is 2. The molecule has 1 aromatic heterocycles. The van der Waals surface area contributed by atoms with Gasteiger partial charge in [0.2, 0.25) is 11.8 Å². The lowest BCUT2D eigenvalue weighted by molar-refractivity contribution is -0.157. The Kier molecular flexibility index (Phi) is 5.09. The first-order valence-electron chi connectivity index (χ1n) is 10.0. The van der Waals surface area contributed by atoms with Crippen LogP contribution in [-0.4, -0.2) is 45.8 Å². The summed E-state index contributed by atoms with van der Waals surface area (Å²) < 4.78 is 39.8. The van der Waals surface area contributed by atoms with Crippen LogP contribution in [0.25, 0.3) is 0 Å². The maximum atomic E-state index is 12.6. The number of alkyl halides is 3. The molecule has 0 spiro atoms. The zero-order valence-corrected chi connectivity index (χ0v) is 15.7. The number of nitrogens with one attached hydrogen (secondary N) is 1. The summed E-state index contributed by atoms with van der Waals surface area (Å²) in [7, 11) is 0. The Morgan fingerprint density at radius 3 is 2.68 bits per heavy atom. The minimum Gasteiger partial charge on any atom is -0.347 e. The smallest absolute Gasteiger partial charge is 0.347 e. The number of carbonyl (C=O) groups excluding carboxylic acids is 2. The Bertz CT molecular complexity index is 755. The third-order valence-electron chi connectivity index (χ3n) is 6.08. The molecule has 0 bridgehead atoms. The SMILES string of the molecule is O=C(NC1CCCc2cn(C3CCCC3)nc21)C1CC(=O)N(CC(F)(F)F)C1. The maximum absolute atomic E-state index is 12.6. The third-order valence-corrected chi connectivity index (χ3v) is 6.08. The fraction of sp³-hybridized carbons (Fsp3) is 0.737. The minimum atomic E-state index is -4.45. The van der Waals surface area contributed by atoms with Gasteiger partial charge in [-0.05, 0) is 37.7 Å². The standard InChI is InChI=1S/C19H25F3N4O2/c20-19(21,22)11-25-9-13(8-16(25)27)18(28)23-15-7-3-4-12-10-26(24-17(12)15)14-5-1-2-6-14/h10,13-15H,1-9,11H2,(H,23,28). The second-order valence-electron chi connectivity index (χ2n) is 8.20. The Hall–Kier alpha value is -2.06. The highest BCUT2D eigenvalue weighted by atomic mass is 19.4. The van der Waals surface area contributed by atoms with Crippen LogP contribution in [0.1, 0.15) is 68.3 Å². The van der Waals surface area contributed by atoms with E-state index in [-0.39, 0.29) is 24.9 Å². The predicted molar refractivity (Wildman–Crippen MR) is 94.3 cm³/mol. The summed E-state index contributed by atoms with van der Waals surface area (Å²) in [6, 6.07) is 0.191. The van der Waals surface area contributed by atoms with Gasteiger partial charge >= 0.3 is 6.18 Å². The number of halogens is 3. The van der Waals surface area contributed by atoms with E-state index >= 15 is 0 Å². The van der Waals surface area contributed by atoms with Crippen LogP contribution in [0.15, 0.2) is 6.20 Å². The zero-order valence-electron chi connectivity index (χ0n) is 15.7. The normalized spacial score (nSPS) is 26.0. The lowest BCUT2D eigenvalue weighted by Crippen LogP contribution is -2.38. The number of likely N-dealkylation sites (tertiary alicyclic amines) is 1. The molecule has 1 saturated heterocycles. The van der Waals surface area contributed by atoms with Gasteiger partial charge in [0.05, 0.1) is 23.7 Å². The lowest BCUT2D eigenvalue weighted by atomic mass is 9.93. The fourth-order valence-electron chi connectivity index (χ4n) is 4.67. The van der Waals surface area contributed by atoms with Crippen molar-refractivity contribution in [3.8, 4) is 0 Å². The zero-order chi connectivity index (χ0) is 19.9. The van der Waals surface area contributed by atoms with Crippen LogP contribution in [0.5, 0.6) is 0 Å².